The van der Waals surface area contributed by atoms with E-state index in [0.717, 1.165) is 54.0 Å². The van der Waals surface area contributed by atoms with Gasteiger partial charge in [0.25, 0.3) is 5.91 Å². The molecule has 2 aromatic rings. The van der Waals surface area contributed by atoms with Crippen LogP contribution in [0.4, 0.5) is 10.5 Å². The minimum Gasteiger partial charge on any atom is -0.492 e. The molecule has 0 radical (unpaired) electrons. The van der Waals surface area contributed by atoms with Crippen LogP contribution in [0, 0.1) is 0 Å². The van der Waals surface area contributed by atoms with Crippen LogP contribution in [0.15, 0.2) is 78.2 Å². The van der Waals surface area contributed by atoms with Crippen molar-refractivity contribution in [1.82, 2.24) is 24.9 Å². The second-order valence-electron chi connectivity index (χ2n) is 14.2. The van der Waals surface area contributed by atoms with Gasteiger partial charge in [-0.25, -0.2) is 4.79 Å². The van der Waals surface area contributed by atoms with Gasteiger partial charge in [-0.05, 0) is 68.4 Å². The molecule has 0 aromatic heterocycles. The van der Waals surface area contributed by atoms with Gasteiger partial charge in [0.1, 0.15) is 23.8 Å². The van der Waals surface area contributed by atoms with Gasteiger partial charge in [-0.15, -0.1) is 11.6 Å². The van der Waals surface area contributed by atoms with Crippen LogP contribution in [0.1, 0.15) is 17.9 Å². The zero-order chi connectivity index (χ0) is 36.2. The van der Waals surface area contributed by atoms with Crippen LogP contribution >= 0.6 is 33.2 Å². The van der Waals surface area contributed by atoms with Crippen molar-refractivity contribution in [2.45, 2.75) is 24.4 Å². The van der Waals surface area contributed by atoms with Gasteiger partial charge in [-0.3, -0.25) is 9.69 Å². The Balaban J connectivity index is 1.14. The molecule has 0 aliphatic carbocycles. The number of halogens is 1. The summed E-state index contributed by atoms with van der Waals surface area (Å²) in [5.41, 5.74) is 2.76. The topological polar surface area (TPSA) is 80.8 Å². The van der Waals surface area contributed by atoms with Gasteiger partial charge < -0.3 is 34.4 Å². The summed E-state index contributed by atoms with van der Waals surface area (Å²) in [6, 6.07) is 10.2. The molecule has 278 valence electrons. The van der Waals surface area contributed by atoms with E-state index >= 15 is 0 Å². The Kier molecular flexibility index (Phi) is 12.1. The van der Waals surface area contributed by atoms with Crippen LogP contribution in [0.25, 0.3) is 10.8 Å². The van der Waals surface area contributed by atoms with Crippen LogP contribution in [0.5, 0.6) is 5.75 Å². The molecule has 3 fully saturated rings. The standard InChI is InChI=1S/C39H49ClN6O4S2/c1-27-20-29(49-19-18-42(2)3)8-6-11-41-32(21-27)38(47)46-24-28(23-40)37-31-10-5-4-9-30(31)36(22-33(37)46)50-39(48)45-17-16-44(15-14-43-12-7-13-43)34-25-51-52-26-35(34)45/h4-6,8-10,20-22,28,34-35,41H,1,7,11-19,23-26H2,2-3H3/b8-6-,29-20+,32-21-/t28-,34+,35-/m1/s1. The molecule has 0 saturated carbocycles. The summed E-state index contributed by atoms with van der Waals surface area (Å²) in [5.74, 6) is 3.06. The van der Waals surface area contributed by atoms with Crippen LogP contribution in [-0.2, 0) is 9.53 Å². The number of piperazine rings is 1. The Morgan fingerprint density at radius 2 is 1.83 bits per heavy atom. The quantitative estimate of drug-likeness (QED) is 0.247. The largest absolute Gasteiger partial charge is 0.492 e. The molecule has 10 nitrogen and oxygen atoms in total. The van der Waals surface area contributed by atoms with E-state index in [1.165, 1.54) is 19.5 Å². The van der Waals surface area contributed by atoms with Gasteiger partial charge >= 0.3 is 6.09 Å². The van der Waals surface area contributed by atoms with E-state index in [4.69, 9.17) is 21.1 Å². The molecule has 0 bridgehead atoms. The number of fused-ring (bicyclic) bond motifs is 4. The summed E-state index contributed by atoms with van der Waals surface area (Å²) >= 11 is 6.60. The predicted octanol–water partition coefficient (Wildman–Crippen LogP) is 5.52. The number of carbonyl (C=O) groups excluding carboxylic acids is 2. The third-order valence-corrected chi connectivity index (χ3v) is 13.3. The first-order chi connectivity index (χ1) is 25.3. The number of amides is 2. The van der Waals surface area contributed by atoms with E-state index in [0.29, 0.717) is 66.6 Å². The lowest BCUT2D eigenvalue weighted by molar-refractivity contribution is -0.115. The van der Waals surface area contributed by atoms with Crippen molar-refractivity contribution in [3.63, 3.8) is 0 Å². The van der Waals surface area contributed by atoms with Crippen LogP contribution in [0.3, 0.4) is 0 Å². The number of hydrogen-bond donors (Lipinski definition) is 1. The van der Waals surface area contributed by atoms with Crippen molar-refractivity contribution in [2.75, 3.05) is 102 Å². The number of hydrogen-bond acceptors (Lipinski definition) is 10. The van der Waals surface area contributed by atoms with Crippen molar-refractivity contribution in [1.29, 1.82) is 0 Å². The first kappa shape index (κ1) is 37.2. The Hall–Kier alpha value is -3.13. The summed E-state index contributed by atoms with van der Waals surface area (Å²) in [7, 11) is 7.74. The molecule has 5 aliphatic rings. The normalized spacial score (nSPS) is 26.5. The van der Waals surface area contributed by atoms with Crippen molar-refractivity contribution in [3.05, 3.63) is 83.8 Å². The van der Waals surface area contributed by atoms with Gasteiger partial charge in [0, 0.05) is 86.6 Å². The van der Waals surface area contributed by atoms with Crippen molar-refractivity contribution >= 4 is 61.6 Å². The minimum atomic E-state index is -0.334. The summed E-state index contributed by atoms with van der Waals surface area (Å²) in [5, 5.41) is 5.07. The zero-order valence-electron chi connectivity index (χ0n) is 30.1. The Morgan fingerprint density at radius 3 is 2.58 bits per heavy atom. The number of rotatable bonds is 10. The number of nitrogens with one attached hydrogen (secondary N) is 1. The average molecular weight is 765 g/mol. The van der Waals surface area contributed by atoms with E-state index in [1.807, 2.05) is 89.1 Å². The highest BCUT2D eigenvalue weighted by Crippen LogP contribution is 2.46. The fraction of sp³-hybridized carbons (Fsp3) is 0.487. The van der Waals surface area contributed by atoms with Gasteiger partial charge in [0.15, 0.2) is 0 Å². The number of likely N-dealkylation sites (tertiary alicyclic amines) is 1. The van der Waals surface area contributed by atoms with E-state index in [9.17, 15) is 9.59 Å². The molecule has 5 heterocycles. The number of ether oxygens (including phenoxy) is 2. The molecule has 52 heavy (non-hydrogen) atoms. The molecular weight excluding hydrogens is 716 g/mol. The van der Waals surface area contributed by atoms with Crippen LogP contribution in [0.2, 0.25) is 0 Å². The molecule has 2 amide bonds. The minimum absolute atomic E-state index is 0.0831. The molecule has 3 atom stereocenters. The predicted molar refractivity (Wildman–Crippen MR) is 215 cm³/mol. The van der Waals surface area contributed by atoms with Crippen molar-refractivity contribution in [2.24, 2.45) is 0 Å². The Labute approximate surface area is 320 Å². The van der Waals surface area contributed by atoms with E-state index in [1.54, 1.807) is 11.0 Å². The fourth-order valence-electron chi connectivity index (χ4n) is 7.59. The molecule has 13 heteroatoms. The number of likely N-dealkylation sites (N-methyl/N-ethyl adjacent to an activating group) is 1. The van der Waals surface area contributed by atoms with E-state index in [-0.39, 0.29) is 24.0 Å². The number of alkyl halides is 1. The fourth-order valence-corrected chi connectivity index (χ4v) is 10.6. The maximum absolute atomic E-state index is 14.4. The maximum Gasteiger partial charge on any atom is 0.415 e. The Bertz CT molecular complexity index is 1760. The average Bonchev–Trinajstić information content (AvgIpc) is 3.53. The third-order valence-electron chi connectivity index (χ3n) is 10.5. The van der Waals surface area contributed by atoms with Gasteiger partial charge in [0.05, 0.1) is 11.7 Å². The van der Waals surface area contributed by atoms with Crippen LogP contribution < -0.4 is 15.0 Å². The molecule has 3 saturated heterocycles. The first-order valence-electron chi connectivity index (χ1n) is 18.2. The SMILES string of the molecule is C=C1/C=C(/C(=O)N2C[C@@H](CCl)c3c2cc(OC(=O)N2CCN(CCN4CCC4)[C@H]4CSSC[C@H]42)c2ccccc32)NC/C=C\C(OCCN(C)C)=C/1. The second-order valence-corrected chi connectivity index (χ2v) is 17.1. The first-order valence-corrected chi connectivity index (χ1v) is 21.3. The second kappa shape index (κ2) is 16.9. The number of nitrogens with zero attached hydrogens (tertiary/aromatic N) is 5. The lowest BCUT2D eigenvalue weighted by Gasteiger charge is -2.49. The highest BCUT2D eigenvalue weighted by Gasteiger charge is 2.42. The summed E-state index contributed by atoms with van der Waals surface area (Å²) in [6.45, 7) is 12.3. The zero-order valence-corrected chi connectivity index (χ0v) is 32.5. The monoisotopic (exact) mass is 764 g/mol. The molecule has 1 N–H and O–H groups in total. The van der Waals surface area contributed by atoms with E-state index < -0.39 is 0 Å². The lowest BCUT2D eigenvalue weighted by Crippen LogP contribution is -2.65. The molecular formula is C39H49ClN6O4S2. The van der Waals surface area contributed by atoms with Gasteiger partial charge in [0.2, 0.25) is 0 Å². The van der Waals surface area contributed by atoms with Crippen molar-refractivity contribution in [3.8, 4) is 5.75 Å². The van der Waals surface area contributed by atoms with Gasteiger partial charge in [-0.1, -0.05) is 58.5 Å². The number of anilines is 1. The smallest absolute Gasteiger partial charge is 0.415 e. The summed E-state index contributed by atoms with van der Waals surface area (Å²) in [4.78, 5) is 39.4. The van der Waals surface area contributed by atoms with Gasteiger partial charge in [-0.2, -0.15) is 0 Å². The molecule has 7 rings (SSSR count). The lowest BCUT2D eigenvalue weighted by atomic mass is 9.95. The molecule has 0 unspecified atom stereocenters. The van der Waals surface area contributed by atoms with Crippen molar-refractivity contribution < 1.29 is 19.1 Å². The van der Waals surface area contributed by atoms with Crippen LogP contribution in [-0.4, -0.2) is 141 Å². The third kappa shape index (κ3) is 8.17. The maximum atomic E-state index is 14.4. The number of allylic oxidation sites excluding steroid dienone is 4. The number of benzene rings is 2. The summed E-state index contributed by atoms with van der Waals surface area (Å²) < 4.78 is 12.3. The molecule has 2 aromatic carbocycles. The highest BCUT2D eigenvalue weighted by atomic mass is 35.5. The molecule has 0 spiro atoms. The number of carbonyl (C=O) groups is 2. The summed E-state index contributed by atoms with van der Waals surface area (Å²) in [6.07, 6.45) is 8.40. The highest BCUT2D eigenvalue weighted by molar-refractivity contribution is 8.76. The molecule has 5 aliphatic heterocycles. The van der Waals surface area contributed by atoms with E-state index in [2.05, 4.69) is 26.6 Å². The Morgan fingerprint density at radius 1 is 1.04 bits per heavy atom.